The van der Waals surface area contributed by atoms with Gasteiger partial charge >= 0.3 is 11.9 Å². The Bertz CT molecular complexity index is 282. The lowest BCUT2D eigenvalue weighted by molar-refractivity contribution is -0.138. The Balaban J connectivity index is 3.29. The Morgan fingerprint density at radius 3 is 1.50 bits per heavy atom. The van der Waals surface area contributed by atoms with Gasteiger partial charge in [0, 0.05) is 12.8 Å². The molecule has 0 aliphatic carbocycles. The molecular formula is C10H12N2O4. The standard InChI is InChI=1S/C10H12N2O4/c11-7-15-9(13)5-3-1-2-4-6-10(14)16-8-12/h1-6H2. The molecule has 0 rings (SSSR count). The highest BCUT2D eigenvalue weighted by Crippen LogP contribution is 2.06. The van der Waals surface area contributed by atoms with Crippen LogP contribution in [0.1, 0.15) is 38.5 Å². The van der Waals surface area contributed by atoms with E-state index in [9.17, 15) is 9.59 Å². The molecule has 0 heterocycles. The summed E-state index contributed by atoms with van der Waals surface area (Å²) in [6.07, 6.45) is 5.79. The molecule has 0 fully saturated rings. The van der Waals surface area contributed by atoms with Crippen LogP contribution in [0.2, 0.25) is 0 Å². The number of hydrogen-bond donors (Lipinski definition) is 0. The first kappa shape index (κ1) is 13.9. The minimum atomic E-state index is -0.536. The average molecular weight is 224 g/mol. The van der Waals surface area contributed by atoms with Gasteiger partial charge in [-0.05, 0) is 12.8 Å². The number of carbonyl (C=O) groups excluding carboxylic acids is 2. The Hall–Kier alpha value is -2.08. The molecule has 0 saturated heterocycles. The van der Waals surface area contributed by atoms with Gasteiger partial charge in [-0.15, -0.1) is 10.5 Å². The third kappa shape index (κ3) is 8.52. The molecule has 0 atom stereocenters. The Morgan fingerprint density at radius 2 is 1.19 bits per heavy atom. The third-order valence-corrected chi connectivity index (χ3v) is 1.83. The van der Waals surface area contributed by atoms with E-state index in [0.717, 1.165) is 12.8 Å². The van der Waals surface area contributed by atoms with Crippen LogP contribution in [0.15, 0.2) is 0 Å². The molecule has 0 bridgehead atoms. The van der Waals surface area contributed by atoms with Crippen LogP contribution in [0.5, 0.6) is 0 Å². The molecule has 0 spiro atoms. The molecule has 6 heteroatoms. The van der Waals surface area contributed by atoms with Gasteiger partial charge < -0.3 is 9.47 Å². The van der Waals surface area contributed by atoms with Gasteiger partial charge in [-0.1, -0.05) is 12.8 Å². The van der Waals surface area contributed by atoms with E-state index in [2.05, 4.69) is 9.47 Å². The molecule has 0 N–H and O–H groups in total. The first-order chi connectivity index (χ1) is 7.70. The van der Waals surface area contributed by atoms with Crippen molar-refractivity contribution in [2.75, 3.05) is 0 Å². The van der Waals surface area contributed by atoms with Gasteiger partial charge in [-0.25, -0.2) is 0 Å². The van der Waals surface area contributed by atoms with Crippen molar-refractivity contribution in [3.63, 3.8) is 0 Å². The van der Waals surface area contributed by atoms with E-state index in [4.69, 9.17) is 10.5 Å². The highest BCUT2D eigenvalue weighted by atomic mass is 16.5. The molecule has 0 amide bonds. The van der Waals surface area contributed by atoms with Crippen molar-refractivity contribution >= 4 is 11.9 Å². The van der Waals surface area contributed by atoms with Crippen LogP contribution in [0.4, 0.5) is 0 Å². The van der Waals surface area contributed by atoms with E-state index >= 15 is 0 Å². The van der Waals surface area contributed by atoms with E-state index in [1.807, 2.05) is 0 Å². The molecule has 0 aromatic rings. The zero-order chi connectivity index (χ0) is 12.2. The van der Waals surface area contributed by atoms with E-state index < -0.39 is 11.9 Å². The molecule has 0 aliphatic heterocycles. The smallest absolute Gasteiger partial charge is 0.321 e. The van der Waals surface area contributed by atoms with Gasteiger partial charge in [0.15, 0.2) is 0 Å². The van der Waals surface area contributed by atoms with Crippen LogP contribution in [-0.2, 0) is 19.1 Å². The molecule has 0 unspecified atom stereocenters. The first-order valence-electron chi connectivity index (χ1n) is 4.88. The predicted molar refractivity (Wildman–Crippen MR) is 51.1 cm³/mol. The number of hydrogen-bond acceptors (Lipinski definition) is 6. The topological polar surface area (TPSA) is 100 Å². The zero-order valence-electron chi connectivity index (χ0n) is 8.77. The van der Waals surface area contributed by atoms with Crippen molar-refractivity contribution < 1.29 is 19.1 Å². The van der Waals surface area contributed by atoms with E-state index in [0.29, 0.717) is 12.8 Å². The van der Waals surface area contributed by atoms with Crippen LogP contribution >= 0.6 is 0 Å². The van der Waals surface area contributed by atoms with E-state index in [1.54, 1.807) is 0 Å². The SMILES string of the molecule is N#COC(=O)CCCCCCC(=O)OC#N. The second kappa shape index (κ2) is 9.47. The largest absolute Gasteiger partial charge is 0.351 e. The average Bonchev–Trinajstić information content (AvgIpc) is 2.24. The normalized spacial score (nSPS) is 8.62. The number of esters is 2. The van der Waals surface area contributed by atoms with Crippen molar-refractivity contribution in [1.82, 2.24) is 0 Å². The van der Waals surface area contributed by atoms with E-state index in [1.165, 1.54) is 12.5 Å². The van der Waals surface area contributed by atoms with Crippen LogP contribution in [0, 0.1) is 23.0 Å². The van der Waals surface area contributed by atoms with Crippen LogP contribution in [0.25, 0.3) is 0 Å². The van der Waals surface area contributed by atoms with Crippen molar-refractivity contribution in [3.8, 4) is 12.5 Å². The maximum absolute atomic E-state index is 10.7. The lowest BCUT2D eigenvalue weighted by Gasteiger charge is -1.98. The molecular weight excluding hydrogens is 212 g/mol. The monoisotopic (exact) mass is 224 g/mol. The summed E-state index contributed by atoms with van der Waals surface area (Å²) < 4.78 is 8.15. The Morgan fingerprint density at radius 1 is 0.812 bits per heavy atom. The zero-order valence-corrected chi connectivity index (χ0v) is 8.77. The van der Waals surface area contributed by atoms with Crippen molar-refractivity contribution in [2.24, 2.45) is 0 Å². The Labute approximate surface area is 93.4 Å². The van der Waals surface area contributed by atoms with Crippen molar-refractivity contribution in [3.05, 3.63) is 0 Å². The van der Waals surface area contributed by atoms with Gasteiger partial charge in [-0.3, -0.25) is 9.59 Å². The summed E-state index contributed by atoms with van der Waals surface area (Å²) in [7, 11) is 0. The molecule has 0 aromatic carbocycles. The van der Waals surface area contributed by atoms with Crippen molar-refractivity contribution in [2.45, 2.75) is 38.5 Å². The quantitative estimate of drug-likeness (QED) is 0.368. The van der Waals surface area contributed by atoms with Gasteiger partial charge in [0.1, 0.15) is 0 Å². The summed E-state index contributed by atoms with van der Waals surface area (Å²) in [6, 6.07) is 0. The summed E-state index contributed by atoms with van der Waals surface area (Å²) in [5.41, 5.74) is 0. The van der Waals surface area contributed by atoms with Crippen LogP contribution in [0.3, 0.4) is 0 Å². The second-order valence-corrected chi connectivity index (χ2v) is 3.04. The highest BCUT2D eigenvalue weighted by molar-refractivity contribution is 5.70. The first-order valence-corrected chi connectivity index (χ1v) is 4.88. The number of unbranched alkanes of at least 4 members (excludes halogenated alkanes) is 3. The number of carbonyl (C=O) groups is 2. The third-order valence-electron chi connectivity index (χ3n) is 1.83. The minimum absolute atomic E-state index is 0.205. The summed E-state index contributed by atoms with van der Waals surface area (Å²) in [4.78, 5) is 21.4. The highest BCUT2D eigenvalue weighted by Gasteiger charge is 2.03. The summed E-state index contributed by atoms with van der Waals surface area (Å²) in [5.74, 6) is -1.07. The molecule has 0 radical (unpaired) electrons. The number of ether oxygens (including phenoxy) is 2. The van der Waals surface area contributed by atoms with Gasteiger partial charge in [0.05, 0.1) is 0 Å². The molecule has 16 heavy (non-hydrogen) atoms. The predicted octanol–water partition coefficient (Wildman–Crippen LogP) is 1.38. The maximum atomic E-state index is 10.7. The fourth-order valence-corrected chi connectivity index (χ4v) is 1.10. The minimum Gasteiger partial charge on any atom is -0.351 e. The molecule has 0 aliphatic rings. The Kier molecular flexibility index (Phi) is 8.24. The fourth-order valence-electron chi connectivity index (χ4n) is 1.10. The lowest BCUT2D eigenvalue weighted by atomic mass is 10.1. The van der Waals surface area contributed by atoms with Gasteiger partial charge in [-0.2, -0.15) is 0 Å². The molecule has 86 valence electrons. The molecule has 0 aromatic heterocycles. The second-order valence-electron chi connectivity index (χ2n) is 3.04. The number of nitrogens with zero attached hydrogens (tertiary/aromatic N) is 2. The van der Waals surface area contributed by atoms with Crippen LogP contribution < -0.4 is 0 Å². The van der Waals surface area contributed by atoms with Crippen molar-refractivity contribution in [1.29, 1.82) is 10.5 Å². The molecule has 6 nitrogen and oxygen atoms in total. The van der Waals surface area contributed by atoms with E-state index in [-0.39, 0.29) is 12.8 Å². The summed E-state index contributed by atoms with van der Waals surface area (Å²) in [5, 5.41) is 16.0. The maximum Gasteiger partial charge on any atom is 0.321 e. The summed E-state index contributed by atoms with van der Waals surface area (Å²) >= 11 is 0. The molecule has 0 saturated carbocycles. The van der Waals surface area contributed by atoms with Gasteiger partial charge in [0.25, 0.3) is 12.5 Å². The van der Waals surface area contributed by atoms with Crippen LogP contribution in [-0.4, -0.2) is 11.9 Å². The summed E-state index contributed by atoms with van der Waals surface area (Å²) in [6.45, 7) is 0. The van der Waals surface area contributed by atoms with Gasteiger partial charge in [0.2, 0.25) is 0 Å². The lowest BCUT2D eigenvalue weighted by Crippen LogP contribution is -2.00. The number of rotatable bonds is 7. The number of nitriles is 2. The fraction of sp³-hybridized carbons (Fsp3) is 0.600.